The zero-order chi connectivity index (χ0) is 12.3. The van der Waals surface area contributed by atoms with Crippen LogP contribution in [-0.4, -0.2) is 6.04 Å². The highest BCUT2D eigenvalue weighted by atomic mass is 35.5. The molecule has 0 spiro atoms. The lowest BCUT2D eigenvalue weighted by Gasteiger charge is -2.19. The Labute approximate surface area is 117 Å². The summed E-state index contributed by atoms with van der Waals surface area (Å²) < 4.78 is 0. The van der Waals surface area contributed by atoms with Crippen LogP contribution in [0.4, 0.5) is 5.69 Å². The molecule has 1 nitrogen and oxygen atoms in total. The SMILES string of the molecule is Clc1cc(Cl)c(NC2CCCCCC2)c(Cl)c1. The summed E-state index contributed by atoms with van der Waals surface area (Å²) in [6, 6.07) is 3.94. The normalized spacial score (nSPS) is 17.8. The maximum Gasteiger partial charge on any atom is 0.0722 e. The highest BCUT2D eigenvalue weighted by Gasteiger charge is 2.15. The van der Waals surface area contributed by atoms with Crippen LogP contribution in [0.2, 0.25) is 15.1 Å². The van der Waals surface area contributed by atoms with Crippen molar-refractivity contribution in [3.05, 3.63) is 27.2 Å². The Hall–Kier alpha value is -0.110. The van der Waals surface area contributed by atoms with E-state index in [0.717, 1.165) is 5.69 Å². The molecular formula is C13H16Cl3N. The summed E-state index contributed by atoms with van der Waals surface area (Å²) in [6.07, 6.45) is 7.60. The van der Waals surface area contributed by atoms with E-state index in [2.05, 4.69) is 5.32 Å². The maximum absolute atomic E-state index is 6.16. The van der Waals surface area contributed by atoms with Crippen LogP contribution in [0.15, 0.2) is 12.1 Å². The van der Waals surface area contributed by atoms with Gasteiger partial charge in [0.1, 0.15) is 0 Å². The van der Waals surface area contributed by atoms with Gasteiger partial charge in [0.2, 0.25) is 0 Å². The summed E-state index contributed by atoms with van der Waals surface area (Å²) in [5.74, 6) is 0. The van der Waals surface area contributed by atoms with Crippen molar-refractivity contribution in [2.24, 2.45) is 0 Å². The first-order chi connectivity index (χ1) is 8.16. The summed E-state index contributed by atoms with van der Waals surface area (Å²) in [4.78, 5) is 0. The van der Waals surface area contributed by atoms with Crippen LogP contribution in [0, 0.1) is 0 Å². The zero-order valence-electron chi connectivity index (χ0n) is 9.61. The first kappa shape index (κ1) is 13.3. The van der Waals surface area contributed by atoms with Crippen LogP contribution in [0.5, 0.6) is 0 Å². The maximum atomic E-state index is 6.16. The highest BCUT2D eigenvalue weighted by molar-refractivity contribution is 6.41. The lowest BCUT2D eigenvalue weighted by atomic mass is 10.1. The van der Waals surface area contributed by atoms with E-state index in [-0.39, 0.29) is 0 Å². The first-order valence-electron chi connectivity index (χ1n) is 6.08. The second-order valence-electron chi connectivity index (χ2n) is 4.58. The van der Waals surface area contributed by atoms with E-state index in [1.54, 1.807) is 12.1 Å². The Kier molecular flexibility index (Phi) is 4.84. The third kappa shape index (κ3) is 3.67. The van der Waals surface area contributed by atoms with Crippen molar-refractivity contribution in [1.82, 2.24) is 0 Å². The van der Waals surface area contributed by atoms with Gasteiger partial charge in [-0.05, 0) is 25.0 Å². The van der Waals surface area contributed by atoms with Crippen LogP contribution >= 0.6 is 34.8 Å². The Balaban J connectivity index is 2.11. The fourth-order valence-corrected chi connectivity index (χ4v) is 3.23. The van der Waals surface area contributed by atoms with Gasteiger partial charge in [0.15, 0.2) is 0 Å². The van der Waals surface area contributed by atoms with Gasteiger partial charge in [0.25, 0.3) is 0 Å². The van der Waals surface area contributed by atoms with Crippen LogP contribution in [-0.2, 0) is 0 Å². The molecule has 0 aromatic heterocycles. The second kappa shape index (κ2) is 6.17. The largest absolute Gasteiger partial charge is 0.380 e. The van der Waals surface area contributed by atoms with Gasteiger partial charge in [-0.2, -0.15) is 0 Å². The highest BCUT2D eigenvalue weighted by Crippen LogP contribution is 2.35. The molecule has 0 heterocycles. The minimum atomic E-state index is 0.480. The van der Waals surface area contributed by atoms with Gasteiger partial charge in [-0.3, -0.25) is 0 Å². The van der Waals surface area contributed by atoms with Crippen molar-refractivity contribution in [1.29, 1.82) is 0 Å². The molecule has 0 atom stereocenters. The van der Waals surface area contributed by atoms with Crippen LogP contribution in [0.25, 0.3) is 0 Å². The first-order valence-corrected chi connectivity index (χ1v) is 7.21. The molecule has 0 bridgehead atoms. The summed E-state index contributed by atoms with van der Waals surface area (Å²) >= 11 is 18.2. The van der Waals surface area contributed by atoms with Gasteiger partial charge < -0.3 is 5.32 Å². The van der Waals surface area contributed by atoms with E-state index < -0.39 is 0 Å². The topological polar surface area (TPSA) is 12.0 Å². The van der Waals surface area contributed by atoms with Crippen molar-refractivity contribution >= 4 is 40.5 Å². The van der Waals surface area contributed by atoms with Crippen LogP contribution < -0.4 is 5.32 Å². The summed E-state index contributed by atoms with van der Waals surface area (Å²) in [6.45, 7) is 0. The Morgan fingerprint density at radius 3 is 1.94 bits per heavy atom. The lowest BCUT2D eigenvalue weighted by Crippen LogP contribution is -2.18. The molecular weight excluding hydrogens is 277 g/mol. The number of hydrogen-bond acceptors (Lipinski definition) is 1. The smallest absolute Gasteiger partial charge is 0.0722 e. The van der Waals surface area contributed by atoms with E-state index in [1.165, 1.54) is 38.5 Å². The number of hydrogen-bond donors (Lipinski definition) is 1. The van der Waals surface area contributed by atoms with E-state index in [0.29, 0.717) is 21.1 Å². The second-order valence-corrected chi connectivity index (χ2v) is 5.83. The average Bonchev–Trinajstić information content (AvgIpc) is 2.51. The zero-order valence-corrected chi connectivity index (χ0v) is 11.9. The molecule has 1 aliphatic carbocycles. The van der Waals surface area contributed by atoms with Crippen molar-refractivity contribution in [2.75, 3.05) is 5.32 Å². The van der Waals surface area contributed by atoms with Gasteiger partial charge in [-0.15, -0.1) is 0 Å². The molecule has 0 aliphatic heterocycles. The quantitative estimate of drug-likeness (QED) is 0.681. The fourth-order valence-electron chi connectivity index (χ4n) is 2.31. The number of benzene rings is 1. The predicted molar refractivity (Wildman–Crippen MR) is 76.6 cm³/mol. The predicted octanol–water partition coefficient (Wildman–Crippen LogP) is 5.78. The Morgan fingerprint density at radius 1 is 0.882 bits per heavy atom. The molecule has 0 unspecified atom stereocenters. The Morgan fingerprint density at radius 2 is 1.41 bits per heavy atom. The fraction of sp³-hybridized carbons (Fsp3) is 0.538. The summed E-state index contributed by atoms with van der Waals surface area (Å²) in [5.41, 5.74) is 0.824. The number of nitrogens with one attached hydrogen (secondary N) is 1. The number of anilines is 1. The molecule has 4 heteroatoms. The van der Waals surface area contributed by atoms with Gasteiger partial charge in [-0.1, -0.05) is 60.5 Å². The molecule has 1 fully saturated rings. The van der Waals surface area contributed by atoms with E-state index in [9.17, 15) is 0 Å². The minimum absolute atomic E-state index is 0.480. The Bertz CT molecular complexity index is 361. The van der Waals surface area contributed by atoms with Gasteiger partial charge in [0, 0.05) is 11.1 Å². The summed E-state index contributed by atoms with van der Waals surface area (Å²) in [7, 11) is 0. The third-order valence-electron chi connectivity index (χ3n) is 3.21. The van der Waals surface area contributed by atoms with Crippen LogP contribution in [0.1, 0.15) is 38.5 Å². The number of halogens is 3. The van der Waals surface area contributed by atoms with E-state index in [1.807, 2.05) is 0 Å². The molecule has 0 saturated heterocycles. The molecule has 94 valence electrons. The van der Waals surface area contributed by atoms with Crippen molar-refractivity contribution in [3.8, 4) is 0 Å². The molecule has 2 rings (SSSR count). The molecule has 1 aliphatic rings. The van der Waals surface area contributed by atoms with Crippen molar-refractivity contribution in [2.45, 2.75) is 44.6 Å². The average molecular weight is 293 g/mol. The molecule has 1 aromatic rings. The molecule has 0 radical (unpaired) electrons. The van der Waals surface area contributed by atoms with Gasteiger partial charge >= 0.3 is 0 Å². The molecule has 0 amide bonds. The van der Waals surface area contributed by atoms with Crippen molar-refractivity contribution < 1.29 is 0 Å². The standard InChI is InChI=1S/C13H16Cl3N/c14-9-7-11(15)13(12(16)8-9)17-10-5-3-1-2-4-6-10/h7-8,10,17H,1-6H2. The molecule has 17 heavy (non-hydrogen) atoms. The van der Waals surface area contributed by atoms with Crippen molar-refractivity contribution in [3.63, 3.8) is 0 Å². The molecule has 1 aromatic carbocycles. The van der Waals surface area contributed by atoms with Gasteiger partial charge in [0.05, 0.1) is 15.7 Å². The third-order valence-corrected chi connectivity index (χ3v) is 4.02. The molecule has 1 saturated carbocycles. The van der Waals surface area contributed by atoms with E-state index >= 15 is 0 Å². The lowest BCUT2D eigenvalue weighted by molar-refractivity contribution is 0.620. The van der Waals surface area contributed by atoms with Gasteiger partial charge in [-0.25, -0.2) is 0 Å². The van der Waals surface area contributed by atoms with Crippen LogP contribution in [0.3, 0.4) is 0 Å². The number of rotatable bonds is 2. The summed E-state index contributed by atoms with van der Waals surface area (Å²) in [5, 5.41) is 5.24. The minimum Gasteiger partial charge on any atom is -0.380 e. The van der Waals surface area contributed by atoms with E-state index in [4.69, 9.17) is 34.8 Å². The monoisotopic (exact) mass is 291 g/mol. The molecule has 1 N–H and O–H groups in total.